The molecule has 0 bridgehead atoms. The first-order chi connectivity index (χ1) is 13.2. The summed E-state index contributed by atoms with van der Waals surface area (Å²) in [4.78, 5) is 0. The molecule has 150 valence electrons. The van der Waals surface area contributed by atoms with Gasteiger partial charge >= 0.3 is 0 Å². The van der Waals surface area contributed by atoms with E-state index in [1.165, 1.54) is 69.8 Å². The van der Waals surface area contributed by atoms with Crippen LogP contribution < -0.4 is 0 Å². The minimum atomic E-state index is 0.247. The number of allylic oxidation sites excluding steroid dienone is 1. The van der Waals surface area contributed by atoms with Gasteiger partial charge in [0, 0.05) is 7.11 Å². The summed E-state index contributed by atoms with van der Waals surface area (Å²) in [6, 6.07) is 9.30. The van der Waals surface area contributed by atoms with Crippen molar-refractivity contribution in [3.63, 3.8) is 0 Å². The highest BCUT2D eigenvalue weighted by Gasteiger charge is 2.25. The molecule has 0 radical (unpaired) electrons. The van der Waals surface area contributed by atoms with Gasteiger partial charge in [-0.3, -0.25) is 0 Å². The van der Waals surface area contributed by atoms with Gasteiger partial charge in [-0.05, 0) is 92.6 Å². The third-order valence-electron chi connectivity index (χ3n) is 7.49. The van der Waals surface area contributed by atoms with Crippen LogP contribution in [0.1, 0.15) is 101 Å². The lowest BCUT2D eigenvalue weighted by Gasteiger charge is -2.31. The third-order valence-corrected chi connectivity index (χ3v) is 7.49. The Hall–Kier alpha value is -1.08. The van der Waals surface area contributed by atoms with Gasteiger partial charge in [0.25, 0.3) is 0 Å². The minimum absolute atomic E-state index is 0.247. The highest BCUT2D eigenvalue weighted by atomic mass is 16.5. The first-order valence-electron chi connectivity index (χ1n) is 11.5. The summed E-state index contributed by atoms with van der Waals surface area (Å²) in [7, 11) is 1.81. The molecule has 0 N–H and O–H groups in total. The van der Waals surface area contributed by atoms with Gasteiger partial charge in [0.1, 0.15) is 0 Å². The van der Waals surface area contributed by atoms with Gasteiger partial charge in [-0.25, -0.2) is 0 Å². The first kappa shape index (κ1) is 20.6. The van der Waals surface area contributed by atoms with E-state index in [9.17, 15) is 0 Å². The fourth-order valence-electron chi connectivity index (χ4n) is 5.49. The molecule has 2 aliphatic carbocycles. The van der Waals surface area contributed by atoms with E-state index in [2.05, 4.69) is 43.8 Å². The van der Waals surface area contributed by atoms with E-state index in [0.29, 0.717) is 0 Å². The molecule has 2 fully saturated rings. The van der Waals surface area contributed by atoms with Gasteiger partial charge in [0.15, 0.2) is 0 Å². The molecule has 1 unspecified atom stereocenters. The molecule has 0 amide bonds. The largest absolute Gasteiger partial charge is 0.377 e. The average Bonchev–Trinajstić information content (AvgIpc) is 2.74. The van der Waals surface area contributed by atoms with Crippen molar-refractivity contribution in [1.82, 2.24) is 0 Å². The highest BCUT2D eigenvalue weighted by Crippen LogP contribution is 2.40. The van der Waals surface area contributed by atoms with Crippen LogP contribution >= 0.6 is 0 Å². The average molecular weight is 369 g/mol. The molecule has 1 atom stereocenters. The quantitative estimate of drug-likeness (QED) is 0.425. The fourth-order valence-corrected chi connectivity index (χ4v) is 5.49. The summed E-state index contributed by atoms with van der Waals surface area (Å²) in [5.74, 6) is 3.56. The summed E-state index contributed by atoms with van der Waals surface area (Å²) in [5, 5.41) is 0. The monoisotopic (exact) mass is 368 g/mol. The van der Waals surface area contributed by atoms with Crippen LogP contribution in [0.2, 0.25) is 0 Å². The molecule has 0 spiro atoms. The molecule has 0 aromatic heterocycles. The summed E-state index contributed by atoms with van der Waals surface area (Å²) in [5.41, 5.74) is 2.87. The van der Waals surface area contributed by atoms with E-state index in [1.807, 2.05) is 7.11 Å². The zero-order valence-electron chi connectivity index (χ0n) is 17.7. The molecule has 1 nitrogen and oxygen atoms in total. The van der Waals surface area contributed by atoms with Crippen LogP contribution in [0.15, 0.2) is 36.9 Å². The number of hydrogen-bond acceptors (Lipinski definition) is 1. The summed E-state index contributed by atoms with van der Waals surface area (Å²) >= 11 is 0. The number of benzene rings is 1. The van der Waals surface area contributed by atoms with Crippen molar-refractivity contribution in [3.05, 3.63) is 48.0 Å². The van der Waals surface area contributed by atoms with Crippen molar-refractivity contribution in [2.24, 2.45) is 17.8 Å². The second kappa shape index (κ2) is 10.5. The molecule has 1 heteroatoms. The molecular weight excluding hydrogens is 328 g/mol. The van der Waals surface area contributed by atoms with Crippen LogP contribution in [0.5, 0.6) is 0 Å². The zero-order valence-corrected chi connectivity index (χ0v) is 17.7. The van der Waals surface area contributed by atoms with E-state index >= 15 is 0 Å². The Labute approximate surface area is 167 Å². The Morgan fingerprint density at radius 2 is 1.48 bits per heavy atom. The predicted molar refractivity (Wildman–Crippen MR) is 116 cm³/mol. The predicted octanol–water partition coefficient (Wildman–Crippen LogP) is 7.83. The molecule has 1 aromatic rings. The van der Waals surface area contributed by atoms with Gasteiger partial charge in [-0.2, -0.15) is 0 Å². The molecule has 0 saturated heterocycles. The molecule has 2 saturated carbocycles. The minimum Gasteiger partial charge on any atom is -0.377 e. The fraction of sp³-hybridized carbons (Fsp3) is 0.692. The Morgan fingerprint density at radius 1 is 0.926 bits per heavy atom. The third kappa shape index (κ3) is 5.70. The van der Waals surface area contributed by atoms with Crippen LogP contribution in [0.25, 0.3) is 0 Å². The van der Waals surface area contributed by atoms with E-state index in [1.54, 1.807) is 5.56 Å². The second-order valence-corrected chi connectivity index (χ2v) is 9.11. The second-order valence-electron chi connectivity index (χ2n) is 9.11. The summed E-state index contributed by atoms with van der Waals surface area (Å²) in [6.07, 6.45) is 17.7. The van der Waals surface area contributed by atoms with Crippen molar-refractivity contribution in [3.8, 4) is 0 Å². The van der Waals surface area contributed by atoms with E-state index < -0.39 is 0 Å². The lowest BCUT2D eigenvalue weighted by atomic mass is 9.74. The van der Waals surface area contributed by atoms with Crippen molar-refractivity contribution < 1.29 is 4.74 Å². The standard InChI is InChI=1S/C26H40O/c1-4-20-6-8-21(9-7-20)10-11-22-12-14-23(15-13-22)24-16-18-25(19-17-24)26(5-2)27-3/h4,16-23,26H,1,5-15H2,2-3H3/t20-,21-,22-,23-,26?. The summed E-state index contributed by atoms with van der Waals surface area (Å²) < 4.78 is 5.57. The molecule has 0 heterocycles. The maximum atomic E-state index is 5.57. The lowest BCUT2D eigenvalue weighted by molar-refractivity contribution is 0.100. The van der Waals surface area contributed by atoms with Crippen molar-refractivity contribution in [2.75, 3.05) is 7.11 Å². The molecule has 2 aliphatic rings. The first-order valence-corrected chi connectivity index (χ1v) is 11.5. The Balaban J connectivity index is 1.40. The smallest absolute Gasteiger partial charge is 0.0818 e. The van der Waals surface area contributed by atoms with Crippen molar-refractivity contribution >= 4 is 0 Å². The zero-order chi connectivity index (χ0) is 19.1. The Morgan fingerprint density at radius 3 is 1.96 bits per heavy atom. The Kier molecular flexibility index (Phi) is 8.00. The van der Waals surface area contributed by atoms with Gasteiger partial charge < -0.3 is 4.74 Å². The number of hydrogen-bond donors (Lipinski definition) is 0. The number of methoxy groups -OCH3 is 1. The molecular formula is C26H40O. The lowest BCUT2D eigenvalue weighted by Crippen LogP contribution is -2.17. The highest BCUT2D eigenvalue weighted by molar-refractivity contribution is 5.27. The maximum absolute atomic E-state index is 5.57. The molecule has 27 heavy (non-hydrogen) atoms. The van der Waals surface area contributed by atoms with Gasteiger partial charge in [-0.1, -0.05) is 50.1 Å². The van der Waals surface area contributed by atoms with Gasteiger partial charge in [0.2, 0.25) is 0 Å². The summed E-state index contributed by atoms with van der Waals surface area (Å²) in [6.45, 7) is 6.17. The SMILES string of the molecule is C=C[C@H]1CC[C@H](CC[C@H]2CC[C@H](c3ccc(C(CC)OC)cc3)CC2)CC1. The van der Waals surface area contributed by atoms with Gasteiger partial charge in [0.05, 0.1) is 6.10 Å². The van der Waals surface area contributed by atoms with Crippen molar-refractivity contribution in [1.29, 1.82) is 0 Å². The van der Waals surface area contributed by atoms with Gasteiger partial charge in [-0.15, -0.1) is 6.58 Å². The molecule has 1 aromatic carbocycles. The van der Waals surface area contributed by atoms with Crippen LogP contribution in [-0.2, 0) is 4.74 Å². The van der Waals surface area contributed by atoms with Crippen molar-refractivity contribution in [2.45, 2.75) is 89.6 Å². The molecule has 3 rings (SSSR count). The topological polar surface area (TPSA) is 9.23 Å². The van der Waals surface area contributed by atoms with Crippen LogP contribution in [0, 0.1) is 17.8 Å². The van der Waals surface area contributed by atoms with Crippen LogP contribution in [0.3, 0.4) is 0 Å². The van der Waals surface area contributed by atoms with E-state index in [-0.39, 0.29) is 6.10 Å². The van der Waals surface area contributed by atoms with E-state index in [0.717, 1.165) is 30.1 Å². The normalized spacial score (nSPS) is 30.0. The van der Waals surface area contributed by atoms with E-state index in [4.69, 9.17) is 4.74 Å². The number of ether oxygens (including phenoxy) is 1. The number of rotatable bonds is 8. The van der Waals surface area contributed by atoms with Crippen LogP contribution in [0.4, 0.5) is 0 Å². The molecule has 0 aliphatic heterocycles. The Bertz CT molecular complexity index is 540. The maximum Gasteiger partial charge on any atom is 0.0818 e. The van der Waals surface area contributed by atoms with Crippen LogP contribution in [-0.4, -0.2) is 7.11 Å².